The number of hydrogen-bond donors (Lipinski definition) is 2. The van der Waals surface area contributed by atoms with Gasteiger partial charge in [-0.2, -0.15) is 0 Å². The summed E-state index contributed by atoms with van der Waals surface area (Å²) in [6.45, 7) is 1.48. The molecule has 0 aromatic heterocycles. The van der Waals surface area contributed by atoms with Crippen LogP contribution in [0, 0.1) is 0 Å². The monoisotopic (exact) mass is 308 g/mol. The molecule has 0 radical (unpaired) electrons. The van der Waals surface area contributed by atoms with Gasteiger partial charge in [0.1, 0.15) is 23.7 Å². The van der Waals surface area contributed by atoms with Crippen LogP contribution in [0.4, 0.5) is 0 Å². The molecule has 1 aromatic carbocycles. The molecule has 1 aromatic rings. The molecule has 0 aliphatic heterocycles. The lowest BCUT2D eigenvalue weighted by atomic mass is 10.1. The van der Waals surface area contributed by atoms with E-state index in [1.165, 1.54) is 6.92 Å². The van der Waals surface area contributed by atoms with E-state index in [1.54, 1.807) is 13.2 Å². The molecule has 0 unspecified atom stereocenters. The second-order valence-electron chi connectivity index (χ2n) is 5.82. The smallest absolute Gasteiger partial charge is 0.217 e. The average Bonchev–Trinajstić information content (AvgIpc) is 2.74. The Morgan fingerprint density at radius 2 is 2.05 bits per heavy atom. The first-order chi connectivity index (χ1) is 10.4. The molecule has 1 aliphatic rings. The molecule has 0 spiro atoms. The van der Waals surface area contributed by atoms with E-state index >= 15 is 0 Å². The van der Waals surface area contributed by atoms with Crippen LogP contribution in [0.1, 0.15) is 13.3 Å². The second kappa shape index (κ2) is 6.98. The van der Waals surface area contributed by atoms with E-state index in [-0.39, 0.29) is 24.1 Å². The number of methoxy groups -OCH3 is 1. The standard InChI is InChI=1S/C16H24N2O4/c1-10(19)17-13-9-14(16(20)15(13)18(2)3)22-12-7-5-6-11(8-12)21-4/h5-8,13-16,20H,9H2,1-4H3,(H,17,19)/t13-,14-,15+,16+/m1/s1. The summed E-state index contributed by atoms with van der Waals surface area (Å²) in [6.07, 6.45) is -0.504. The number of hydrogen-bond acceptors (Lipinski definition) is 5. The van der Waals surface area contributed by atoms with Gasteiger partial charge in [0, 0.05) is 19.4 Å². The fourth-order valence-corrected chi connectivity index (χ4v) is 3.02. The molecule has 0 bridgehead atoms. The van der Waals surface area contributed by atoms with E-state index in [1.807, 2.05) is 37.2 Å². The van der Waals surface area contributed by atoms with Gasteiger partial charge in [-0.05, 0) is 26.2 Å². The lowest BCUT2D eigenvalue weighted by Crippen LogP contribution is -2.50. The van der Waals surface area contributed by atoms with Crippen molar-refractivity contribution in [2.45, 2.75) is 37.6 Å². The molecule has 0 heterocycles. The molecule has 1 fully saturated rings. The molecule has 2 N–H and O–H groups in total. The van der Waals surface area contributed by atoms with Crippen molar-refractivity contribution < 1.29 is 19.4 Å². The van der Waals surface area contributed by atoms with Crippen LogP contribution in [0.25, 0.3) is 0 Å². The summed E-state index contributed by atoms with van der Waals surface area (Å²) in [6, 6.07) is 6.96. The SMILES string of the molecule is COc1cccc(O[C@@H]2C[C@@H](NC(C)=O)[C@H](N(C)C)[C@H]2O)c1. The van der Waals surface area contributed by atoms with Crippen LogP contribution in [-0.2, 0) is 4.79 Å². The number of aliphatic hydroxyl groups excluding tert-OH is 1. The van der Waals surface area contributed by atoms with Gasteiger partial charge in [-0.1, -0.05) is 6.07 Å². The maximum atomic E-state index is 11.4. The first-order valence-electron chi connectivity index (χ1n) is 7.34. The predicted octanol–water partition coefficient (Wildman–Crippen LogP) is 0.642. The fourth-order valence-electron chi connectivity index (χ4n) is 3.02. The summed E-state index contributed by atoms with van der Waals surface area (Å²) in [4.78, 5) is 13.3. The lowest BCUT2D eigenvalue weighted by molar-refractivity contribution is -0.120. The Morgan fingerprint density at radius 1 is 1.36 bits per heavy atom. The van der Waals surface area contributed by atoms with Gasteiger partial charge in [-0.25, -0.2) is 0 Å². The van der Waals surface area contributed by atoms with E-state index in [0.29, 0.717) is 17.9 Å². The molecular formula is C16H24N2O4. The van der Waals surface area contributed by atoms with Crippen LogP contribution in [0.3, 0.4) is 0 Å². The van der Waals surface area contributed by atoms with E-state index in [2.05, 4.69) is 5.32 Å². The zero-order chi connectivity index (χ0) is 16.3. The Morgan fingerprint density at radius 3 is 2.64 bits per heavy atom. The maximum Gasteiger partial charge on any atom is 0.217 e. The summed E-state index contributed by atoms with van der Waals surface area (Å²) in [5, 5.41) is 13.4. The minimum Gasteiger partial charge on any atom is -0.497 e. The van der Waals surface area contributed by atoms with Gasteiger partial charge >= 0.3 is 0 Å². The highest BCUT2D eigenvalue weighted by Crippen LogP contribution is 2.29. The molecule has 122 valence electrons. The molecule has 0 saturated heterocycles. The largest absolute Gasteiger partial charge is 0.497 e. The topological polar surface area (TPSA) is 71.0 Å². The van der Waals surface area contributed by atoms with E-state index in [4.69, 9.17) is 9.47 Å². The third-order valence-electron chi connectivity index (χ3n) is 3.94. The molecule has 2 rings (SSSR count). The zero-order valence-corrected chi connectivity index (χ0v) is 13.4. The average molecular weight is 308 g/mol. The zero-order valence-electron chi connectivity index (χ0n) is 13.4. The summed E-state index contributed by atoms with van der Waals surface area (Å²) in [7, 11) is 5.37. The number of amides is 1. The Labute approximate surface area is 131 Å². The number of carbonyl (C=O) groups excluding carboxylic acids is 1. The molecule has 1 saturated carbocycles. The Balaban J connectivity index is 2.12. The van der Waals surface area contributed by atoms with Crippen LogP contribution in [0.5, 0.6) is 11.5 Å². The van der Waals surface area contributed by atoms with Crippen LogP contribution in [0.2, 0.25) is 0 Å². The molecule has 6 nitrogen and oxygen atoms in total. The number of aliphatic hydroxyl groups is 1. The molecule has 22 heavy (non-hydrogen) atoms. The van der Waals surface area contributed by atoms with Crippen LogP contribution >= 0.6 is 0 Å². The third-order valence-corrected chi connectivity index (χ3v) is 3.94. The normalized spacial score (nSPS) is 27.7. The maximum absolute atomic E-state index is 11.4. The highest BCUT2D eigenvalue weighted by atomic mass is 16.5. The predicted molar refractivity (Wildman–Crippen MR) is 83.1 cm³/mol. The third kappa shape index (κ3) is 3.69. The van der Waals surface area contributed by atoms with E-state index in [9.17, 15) is 9.90 Å². The van der Waals surface area contributed by atoms with E-state index < -0.39 is 6.10 Å². The Bertz CT molecular complexity index is 521. The van der Waals surface area contributed by atoms with Crippen molar-refractivity contribution in [3.63, 3.8) is 0 Å². The van der Waals surface area contributed by atoms with Crippen molar-refractivity contribution in [1.82, 2.24) is 10.2 Å². The highest BCUT2D eigenvalue weighted by molar-refractivity contribution is 5.73. The van der Waals surface area contributed by atoms with Gasteiger partial charge in [0.25, 0.3) is 0 Å². The van der Waals surface area contributed by atoms with Crippen LogP contribution < -0.4 is 14.8 Å². The van der Waals surface area contributed by atoms with Crippen molar-refractivity contribution >= 4 is 5.91 Å². The second-order valence-corrected chi connectivity index (χ2v) is 5.82. The van der Waals surface area contributed by atoms with Crippen molar-refractivity contribution in [1.29, 1.82) is 0 Å². The summed E-state index contributed by atoms with van der Waals surface area (Å²) >= 11 is 0. The Hall–Kier alpha value is -1.79. The number of carbonyl (C=O) groups is 1. The van der Waals surface area contributed by atoms with Gasteiger partial charge in [0.2, 0.25) is 5.91 Å². The van der Waals surface area contributed by atoms with Gasteiger partial charge in [-0.3, -0.25) is 4.79 Å². The highest BCUT2D eigenvalue weighted by Gasteiger charge is 2.45. The van der Waals surface area contributed by atoms with Crippen LogP contribution in [0.15, 0.2) is 24.3 Å². The molecule has 1 aliphatic carbocycles. The van der Waals surface area contributed by atoms with Crippen molar-refractivity contribution in [2.24, 2.45) is 0 Å². The first kappa shape index (κ1) is 16.6. The Kier molecular flexibility index (Phi) is 5.26. The van der Waals surface area contributed by atoms with E-state index in [0.717, 1.165) is 0 Å². The van der Waals surface area contributed by atoms with Crippen molar-refractivity contribution in [2.75, 3.05) is 21.2 Å². The quantitative estimate of drug-likeness (QED) is 0.835. The van der Waals surface area contributed by atoms with Gasteiger partial charge in [-0.15, -0.1) is 0 Å². The van der Waals surface area contributed by atoms with Crippen LogP contribution in [-0.4, -0.2) is 61.4 Å². The van der Waals surface area contributed by atoms with Crippen molar-refractivity contribution in [3.05, 3.63) is 24.3 Å². The van der Waals surface area contributed by atoms with Gasteiger partial charge < -0.3 is 24.8 Å². The summed E-state index contributed by atoms with van der Waals surface area (Å²) in [5.41, 5.74) is 0. The molecule has 6 heteroatoms. The number of nitrogens with zero attached hydrogens (tertiary/aromatic N) is 1. The van der Waals surface area contributed by atoms with Gasteiger partial charge in [0.15, 0.2) is 0 Å². The number of ether oxygens (including phenoxy) is 2. The number of nitrogens with one attached hydrogen (secondary N) is 1. The minimum absolute atomic E-state index is 0.105. The summed E-state index contributed by atoms with van der Waals surface area (Å²) in [5.74, 6) is 1.24. The lowest BCUT2D eigenvalue weighted by Gasteiger charge is -2.29. The number of likely N-dealkylation sites (N-methyl/N-ethyl adjacent to an activating group) is 1. The first-order valence-corrected chi connectivity index (χ1v) is 7.34. The minimum atomic E-state index is -0.682. The number of benzene rings is 1. The summed E-state index contributed by atoms with van der Waals surface area (Å²) < 4.78 is 11.1. The molecule has 1 amide bonds. The van der Waals surface area contributed by atoms with Crippen molar-refractivity contribution in [3.8, 4) is 11.5 Å². The fraction of sp³-hybridized carbons (Fsp3) is 0.562. The van der Waals surface area contributed by atoms with Gasteiger partial charge in [0.05, 0.1) is 19.2 Å². The molecular weight excluding hydrogens is 284 g/mol. The number of rotatable bonds is 5. The molecule has 4 atom stereocenters.